The van der Waals surface area contributed by atoms with Crippen LogP contribution in [0.5, 0.6) is 0 Å². The highest BCUT2D eigenvalue weighted by atomic mass is 16.6. The smallest absolute Gasteiger partial charge is 0.293 e. The van der Waals surface area contributed by atoms with Crippen LogP contribution in [-0.2, 0) is 4.74 Å². The maximum atomic E-state index is 12.7. The van der Waals surface area contributed by atoms with E-state index in [0.29, 0.717) is 43.2 Å². The first kappa shape index (κ1) is 20.8. The lowest BCUT2D eigenvalue weighted by atomic mass is 10.1. The lowest BCUT2D eigenvalue weighted by Crippen LogP contribution is -2.36. The molecule has 0 spiro atoms. The molecule has 2 aromatic rings. The summed E-state index contributed by atoms with van der Waals surface area (Å²) < 4.78 is 5.30. The van der Waals surface area contributed by atoms with Crippen LogP contribution in [0.25, 0.3) is 0 Å². The second-order valence-corrected chi connectivity index (χ2v) is 7.59. The molecule has 0 atom stereocenters. The van der Waals surface area contributed by atoms with Gasteiger partial charge in [-0.3, -0.25) is 19.7 Å². The second kappa shape index (κ2) is 9.13. The molecule has 0 bridgehead atoms. The number of morpholine rings is 1. The lowest BCUT2D eigenvalue weighted by Gasteiger charge is -2.28. The van der Waals surface area contributed by atoms with Crippen molar-refractivity contribution in [3.63, 3.8) is 0 Å². The first-order valence-electron chi connectivity index (χ1n) is 10.3. The Hall–Kier alpha value is -3.46. The van der Waals surface area contributed by atoms with Gasteiger partial charge in [0.05, 0.1) is 18.1 Å². The molecule has 2 aliphatic heterocycles. The molecule has 31 heavy (non-hydrogen) atoms. The fraction of sp³-hybridized carbons (Fsp3) is 0.364. The summed E-state index contributed by atoms with van der Waals surface area (Å²) in [6.07, 6.45) is 2.05. The molecule has 4 rings (SSSR count). The van der Waals surface area contributed by atoms with Gasteiger partial charge in [0.2, 0.25) is 0 Å². The number of likely N-dealkylation sites (tertiary alicyclic amines) is 1. The van der Waals surface area contributed by atoms with Crippen molar-refractivity contribution in [2.75, 3.05) is 49.6 Å². The third-order valence-corrected chi connectivity index (χ3v) is 5.57. The molecule has 2 amide bonds. The highest BCUT2D eigenvalue weighted by molar-refractivity contribution is 6.05. The topological polar surface area (TPSA) is 105 Å². The molecule has 0 saturated carbocycles. The maximum absolute atomic E-state index is 12.7. The maximum Gasteiger partial charge on any atom is 0.293 e. The number of rotatable bonds is 5. The van der Waals surface area contributed by atoms with E-state index in [2.05, 4.69) is 5.32 Å². The van der Waals surface area contributed by atoms with Crippen LogP contribution in [0.2, 0.25) is 0 Å². The number of hydrogen-bond donors (Lipinski definition) is 1. The molecule has 0 unspecified atom stereocenters. The molecular formula is C22H24N4O5. The van der Waals surface area contributed by atoms with E-state index in [1.165, 1.54) is 6.07 Å². The van der Waals surface area contributed by atoms with Crippen LogP contribution in [0.3, 0.4) is 0 Å². The highest BCUT2D eigenvalue weighted by Crippen LogP contribution is 2.30. The van der Waals surface area contributed by atoms with Crippen LogP contribution in [0.1, 0.15) is 33.6 Å². The Balaban J connectivity index is 1.47. The van der Waals surface area contributed by atoms with Gasteiger partial charge < -0.3 is 19.9 Å². The summed E-state index contributed by atoms with van der Waals surface area (Å²) in [5.41, 5.74) is 1.66. The largest absolute Gasteiger partial charge is 0.378 e. The molecule has 0 aromatic heterocycles. The Morgan fingerprint density at radius 3 is 2.23 bits per heavy atom. The van der Waals surface area contributed by atoms with Gasteiger partial charge in [-0.15, -0.1) is 0 Å². The van der Waals surface area contributed by atoms with Gasteiger partial charge in [-0.2, -0.15) is 0 Å². The molecule has 9 nitrogen and oxygen atoms in total. The molecule has 0 aliphatic carbocycles. The fourth-order valence-electron chi connectivity index (χ4n) is 3.88. The van der Waals surface area contributed by atoms with Crippen LogP contribution in [0.15, 0.2) is 42.5 Å². The van der Waals surface area contributed by atoms with E-state index in [4.69, 9.17) is 4.74 Å². The van der Waals surface area contributed by atoms with Gasteiger partial charge in [0.1, 0.15) is 5.69 Å². The highest BCUT2D eigenvalue weighted by Gasteiger charge is 2.24. The van der Waals surface area contributed by atoms with Crippen molar-refractivity contribution in [2.24, 2.45) is 0 Å². The van der Waals surface area contributed by atoms with Crippen molar-refractivity contribution in [1.29, 1.82) is 0 Å². The molecule has 1 N–H and O–H groups in total. The summed E-state index contributed by atoms with van der Waals surface area (Å²) >= 11 is 0. The summed E-state index contributed by atoms with van der Waals surface area (Å²) in [5, 5.41) is 14.3. The number of carbonyl (C=O) groups is 2. The monoisotopic (exact) mass is 424 g/mol. The van der Waals surface area contributed by atoms with E-state index >= 15 is 0 Å². The minimum absolute atomic E-state index is 0.00953. The van der Waals surface area contributed by atoms with Gasteiger partial charge in [-0.05, 0) is 49.2 Å². The normalized spacial score (nSPS) is 16.3. The Morgan fingerprint density at radius 1 is 0.935 bits per heavy atom. The average molecular weight is 424 g/mol. The number of nitrogens with one attached hydrogen (secondary N) is 1. The van der Waals surface area contributed by atoms with Gasteiger partial charge in [0.15, 0.2) is 0 Å². The number of amides is 2. The van der Waals surface area contributed by atoms with Crippen molar-refractivity contribution in [1.82, 2.24) is 4.90 Å². The SMILES string of the molecule is O=C(Nc1ccc(C(=O)N2CCCC2)cc1)c1ccc(N2CCOCC2)c([N+](=O)[O-])c1. The summed E-state index contributed by atoms with van der Waals surface area (Å²) in [5.74, 6) is -0.458. The standard InChI is InChI=1S/C22H24N4O5/c27-21(23-18-6-3-16(4-7-18)22(28)25-9-1-2-10-25)17-5-8-19(20(15-17)26(29)30)24-11-13-31-14-12-24/h3-8,15H,1-2,9-14H2,(H,23,27). The molecule has 9 heteroatoms. The lowest BCUT2D eigenvalue weighted by molar-refractivity contribution is -0.384. The van der Waals surface area contributed by atoms with Crippen LogP contribution < -0.4 is 10.2 Å². The van der Waals surface area contributed by atoms with Gasteiger partial charge in [0, 0.05) is 49.1 Å². The first-order chi connectivity index (χ1) is 15.0. The summed E-state index contributed by atoms with van der Waals surface area (Å²) in [7, 11) is 0. The summed E-state index contributed by atoms with van der Waals surface area (Å²) in [6, 6.07) is 11.2. The van der Waals surface area contributed by atoms with Crippen LogP contribution in [-0.4, -0.2) is 61.0 Å². The number of benzene rings is 2. The van der Waals surface area contributed by atoms with Gasteiger partial charge in [-0.25, -0.2) is 0 Å². The number of hydrogen-bond acceptors (Lipinski definition) is 6. The van der Waals surface area contributed by atoms with Crippen LogP contribution >= 0.6 is 0 Å². The van der Waals surface area contributed by atoms with Gasteiger partial charge >= 0.3 is 0 Å². The molecule has 2 fully saturated rings. The number of nitro benzene ring substituents is 1. The van der Waals surface area contributed by atoms with Crippen LogP contribution in [0, 0.1) is 10.1 Å². The van der Waals surface area contributed by atoms with Gasteiger partial charge in [-0.1, -0.05) is 0 Å². The minimum Gasteiger partial charge on any atom is -0.378 e. The molecule has 2 aromatic carbocycles. The third kappa shape index (κ3) is 4.66. The van der Waals surface area contributed by atoms with Crippen molar-refractivity contribution in [3.8, 4) is 0 Å². The number of nitrogens with zero attached hydrogens (tertiary/aromatic N) is 3. The number of nitro groups is 1. The van der Waals surface area contributed by atoms with Crippen molar-refractivity contribution < 1.29 is 19.2 Å². The molecular weight excluding hydrogens is 400 g/mol. The molecule has 2 heterocycles. The molecule has 2 saturated heterocycles. The van der Waals surface area contributed by atoms with E-state index in [-0.39, 0.29) is 17.2 Å². The van der Waals surface area contributed by atoms with E-state index in [9.17, 15) is 19.7 Å². The van der Waals surface area contributed by atoms with E-state index in [1.54, 1.807) is 36.4 Å². The summed E-state index contributed by atoms with van der Waals surface area (Å²) in [6.45, 7) is 3.70. The quantitative estimate of drug-likeness (QED) is 0.585. The predicted molar refractivity (Wildman–Crippen MR) is 116 cm³/mol. The van der Waals surface area contributed by atoms with Crippen molar-refractivity contribution in [2.45, 2.75) is 12.8 Å². The zero-order chi connectivity index (χ0) is 21.8. The Kier molecular flexibility index (Phi) is 6.13. The zero-order valence-corrected chi connectivity index (χ0v) is 17.1. The summed E-state index contributed by atoms with van der Waals surface area (Å²) in [4.78, 5) is 39.9. The fourth-order valence-corrected chi connectivity index (χ4v) is 3.88. The minimum atomic E-state index is -0.472. The molecule has 2 aliphatic rings. The van der Waals surface area contributed by atoms with Crippen molar-refractivity contribution in [3.05, 3.63) is 63.7 Å². The third-order valence-electron chi connectivity index (χ3n) is 5.57. The van der Waals surface area contributed by atoms with E-state index in [0.717, 1.165) is 25.9 Å². The van der Waals surface area contributed by atoms with Crippen LogP contribution in [0.4, 0.5) is 17.1 Å². The second-order valence-electron chi connectivity index (χ2n) is 7.59. The Morgan fingerprint density at radius 2 is 1.58 bits per heavy atom. The molecule has 162 valence electrons. The average Bonchev–Trinajstić information content (AvgIpc) is 3.34. The number of carbonyl (C=O) groups excluding carboxylic acids is 2. The van der Waals surface area contributed by atoms with E-state index in [1.807, 2.05) is 9.80 Å². The Labute approximate surface area is 179 Å². The van der Waals surface area contributed by atoms with E-state index < -0.39 is 10.8 Å². The Bertz CT molecular complexity index is 980. The number of ether oxygens (including phenoxy) is 1. The zero-order valence-electron chi connectivity index (χ0n) is 17.1. The molecule has 0 radical (unpaired) electrons. The number of anilines is 2. The van der Waals surface area contributed by atoms with Gasteiger partial charge in [0.25, 0.3) is 17.5 Å². The van der Waals surface area contributed by atoms with Crippen molar-refractivity contribution >= 4 is 28.9 Å². The first-order valence-corrected chi connectivity index (χ1v) is 10.3. The predicted octanol–water partition coefficient (Wildman–Crippen LogP) is 2.92.